The molecule has 7 nitrogen and oxygen atoms in total. The number of halogens is 1. The summed E-state index contributed by atoms with van der Waals surface area (Å²) in [7, 11) is 0. The first kappa shape index (κ1) is 21.3. The Bertz CT molecular complexity index is 1100. The minimum Gasteiger partial charge on any atom is -0.467 e. The van der Waals surface area contributed by atoms with E-state index in [1.54, 1.807) is 30.3 Å². The SMILES string of the molecule is O=C(CN(Cc1ccccc1)C(=O)[C@@H]1CC(c2ccccc2F)=NO1)NCc1ccco1. The molecule has 4 rings (SSSR count). The van der Waals surface area contributed by atoms with Gasteiger partial charge in [-0.15, -0.1) is 0 Å². The molecular formula is C24H22FN3O4. The number of nitrogens with zero attached hydrogens (tertiary/aromatic N) is 2. The first-order valence-corrected chi connectivity index (χ1v) is 10.2. The van der Waals surface area contributed by atoms with Gasteiger partial charge in [-0.05, 0) is 23.8 Å². The van der Waals surface area contributed by atoms with Gasteiger partial charge >= 0.3 is 0 Å². The van der Waals surface area contributed by atoms with Gasteiger partial charge < -0.3 is 19.5 Å². The zero-order valence-electron chi connectivity index (χ0n) is 17.2. The van der Waals surface area contributed by atoms with E-state index in [9.17, 15) is 14.0 Å². The normalized spacial score (nSPS) is 15.0. The van der Waals surface area contributed by atoms with Gasteiger partial charge in [-0.2, -0.15) is 0 Å². The lowest BCUT2D eigenvalue weighted by Crippen LogP contribution is -2.44. The monoisotopic (exact) mass is 435 g/mol. The molecule has 2 heterocycles. The highest BCUT2D eigenvalue weighted by Crippen LogP contribution is 2.21. The van der Waals surface area contributed by atoms with Crippen LogP contribution in [-0.4, -0.2) is 35.1 Å². The maximum Gasteiger partial charge on any atom is 0.267 e. The molecule has 1 aliphatic rings. The lowest BCUT2D eigenvalue weighted by atomic mass is 10.0. The molecule has 0 spiro atoms. The minimum atomic E-state index is -0.925. The van der Waals surface area contributed by atoms with Crippen LogP contribution in [-0.2, 0) is 27.5 Å². The predicted molar refractivity (Wildman–Crippen MR) is 115 cm³/mol. The Balaban J connectivity index is 1.43. The number of hydrogen-bond donors (Lipinski definition) is 1. The highest BCUT2D eigenvalue weighted by molar-refractivity contribution is 6.04. The van der Waals surface area contributed by atoms with E-state index in [0.717, 1.165) is 5.56 Å². The lowest BCUT2D eigenvalue weighted by Gasteiger charge is -2.24. The van der Waals surface area contributed by atoms with E-state index in [2.05, 4.69) is 10.5 Å². The first-order valence-electron chi connectivity index (χ1n) is 10.2. The van der Waals surface area contributed by atoms with E-state index in [1.165, 1.54) is 17.2 Å². The van der Waals surface area contributed by atoms with Crippen molar-refractivity contribution in [2.45, 2.75) is 25.6 Å². The number of rotatable bonds is 8. The van der Waals surface area contributed by atoms with Gasteiger partial charge in [0.2, 0.25) is 12.0 Å². The van der Waals surface area contributed by atoms with Crippen LogP contribution < -0.4 is 5.32 Å². The van der Waals surface area contributed by atoms with E-state index in [4.69, 9.17) is 9.25 Å². The molecule has 3 aromatic rings. The molecule has 164 valence electrons. The van der Waals surface area contributed by atoms with Crippen LogP contribution in [0.15, 0.2) is 82.6 Å². The van der Waals surface area contributed by atoms with Crippen molar-refractivity contribution in [1.29, 1.82) is 0 Å². The Morgan fingerprint density at radius 1 is 1.06 bits per heavy atom. The van der Waals surface area contributed by atoms with Crippen molar-refractivity contribution in [3.05, 3.63) is 95.7 Å². The van der Waals surface area contributed by atoms with Gasteiger partial charge in [0.15, 0.2) is 0 Å². The summed E-state index contributed by atoms with van der Waals surface area (Å²) in [6.07, 6.45) is 0.724. The van der Waals surface area contributed by atoms with Crippen LogP contribution in [0.3, 0.4) is 0 Å². The van der Waals surface area contributed by atoms with E-state index in [-0.39, 0.29) is 32.0 Å². The van der Waals surface area contributed by atoms with Gasteiger partial charge in [-0.25, -0.2) is 4.39 Å². The molecule has 2 amide bonds. The molecule has 8 heteroatoms. The molecule has 0 aliphatic carbocycles. The van der Waals surface area contributed by atoms with Crippen LogP contribution in [0.5, 0.6) is 0 Å². The molecule has 1 N–H and O–H groups in total. The van der Waals surface area contributed by atoms with Gasteiger partial charge in [-0.1, -0.05) is 53.7 Å². The third-order valence-electron chi connectivity index (χ3n) is 5.03. The van der Waals surface area contributed by atoms with E-state index in [1.807, 2.05) is 30.3 Å². The van der Waals surface area contributed by atoms with Crippen molar-refractivity contribution in [2.75, 3.05) is 6.54 Å². The topological polar surface area (TPSA) is 84.1 Å². The van der Waals surface area contributed by atoms with Crippen LogP contribution >= 0.6 is 0 Å². The van der Waals surface area contributed by atoms with Gasteiger partial charge in [0.05, 0.1) is 18.5 Å². The molecule has 1 aromatic heterocycles. The maximum absolute atomic E-state index is 14.1. The van der Waals surface area contributed by atoms with Crippen LogP contribution in [0, 0.1) is 5.82 Å². The van der Waals surface area contributed by atoms with Crippen molar-refractivity contribution >= 4 is 17.5 Å². The molecule has 0 radical (unpaired) electrons. The predicted octanol–water partition coefficient (Wildman–Crippen LogP) is 3.26. The summed E-state index contributed by atoms with van der Waals surface area (Å²) in [5, 5.41) is 6.67. The second-order valence-electron chi connectivity index (χ2n) is 7.35. The van der Waals surface area contributed by atoms with Crippen molar-refractivity contribution in [3.63, 3.8) is 0 Å². The van der Waals surface area contributed by atoms with Gasteiger partial charge in [0.1, 0.15) is 18.1 Å². The molecule has 0 saturated carbocycles. The Kier molecular flexibility index (Phi) is 6.60. The standard InChI is InChI=1S/C24H22FN3O4/c25-20-11-5-4-10-19(20)21-13-22(32-27-21)24(30)28(15-17-7-2-1-3-8-17)16-23(29)26-14-18-9-6-12-31-18/h1-12,22H,13-16H2,(H,26,29)/t22-/m0/s1. The smallest absolute Gasteiger partial charge is 0.267 e. The number of carbonyl (C=O) groups excluding carboxylic acids is 2. The molecule has 32 heavy (non-hydrogen) atoms. The number of benzene rings is 2. The number of hydrogen-bond acceptors (Lipinski definition) is 5. The number of nitrogens with one attached hydrogen (secondary N) is 1. The highest BCUT2D eigenvalue weighted by atomic mass is 19.1. The van der Waals surface area contributed by atoms with Crippen molar-refractivity contribution in [1.82, 2.24) is 10.2 Å². The first-order chi connectivity index (χ1) is 15.6. The van der Waals surface area contributed by atoms with Gasteiger partial charge in [0, 0.05) is 18.5 Å². The van der Waals surface area contributed by atoms with Gasteiger partial charge in [0.25, 0.3) is 5.91 Å². The molecular weight excluding hydrogens is 413 g/mol. The number of amides is 2. The fourth-order valence-corrected chi connectivity index (χ4v) is 3.41. The lowest BCUT2D eigenvalue weighted by molar-refractivity contribution is -0.145. The molecule has 0 unspecified atom stereocenters. The zero-order chi connectivity index (χ0) is 22.3. The summed E-state index contributed by atoms with van der Waals surface area (Å²) in [6, 6.07) is 19.0. The van der Waals surface area contributed by atoms with Gasteiger partial charge in [-0.3, -0.25) is 9.59 Å². The average Bonchev–Trinajstić information content (AvgIpc) is 3.50. The molecule has 1 atom stereocenters. The number of carbonyl (C=O) groups is 2. The Hall–Kier alpha value is -3.94. The number of furan rings is 1. The summed E-state index contributed by atoms with van der Waals surface area (Å²) in [5.74, 6) is -0.543. The highest BCUT2D eigenvalue weighted by Gasteiger charge is 2.34. The van der Waals surface area contributed by atoms with Crippen molar-refractivity contribution in [2.24, 2.45) is 5.16 Å². The van der Waals surface area contributed by atoms with Crippen molar-refractivity contribution in [3.8, 4) is 0 Å². The largest absolute Gasteiger partial charge is 0.467 e. The van der Waals surface area contributed by atoms with E-state index in [0.29, 0.717) is 17.0 Å². The van der Waals surface area contributed by atoms with E-state index >= 15 is 0 Å². The van der Waals surface area contributed by atoms with Crippen LogP contribution in [0.2, 0.25) is 0 Å². The molecule has 0 saturated heterocycles. The van der Waals surface area contributed by atoms with E-state index < -0.39 is 17.8 Å². The fraction of sp³-hybridized carbons (Fsp3) is 0.208. The third-order valence-corrected chi connectivity index (χ3v) is 5.03. The summed E-state index contributed by atoms with van der Waals surface area (Å²) in [5.41, 5.74) is 1.53. The van der Waals surface area contributed by atoms with Crippen LogP contribution in [0.1, 0.15) is 23.3 Å². The second kappa shape index (κ2) is 9.91. The quantitative estimate of drug-likeness (QED) is 0.589. The second-order valence-corrected chi connectivity index (χ2v) is 7.35. The Labute approximate surface area is 184 Å². The molecule has 0 fully saturated rings. The summed E-state index contributed by atoms with van der Waals surface area (Å²) >= 11 is 0. The Morgan fingerprint density at radius 2 is 1.84 bits per heavy atom. The summed E-state index contributed by atoms with van der Waals surface area (Å²) in [4.78, 5) is 32.5. The summed E-state index contributed by atoms with van der Waals surface area (Å²) < 4.78 is 19.3. The molecule has 2 aromatic carbocycles. The van der Waals surface area contributed by atoms with Crippen molar-refractivity contribution < 1.29 is 23.2 Å². The summed E-state index contributed by atoms with van der Waals surface area (Å²) in [6.45, 7) is 0.283. The number of oxime groups is 1. The molecule has 1 aliphatic heterocycles. The third kappa shape index (κ3) is 5.21. The fourth-order valence-electron chi connectivity index (χ4n) is 3.41. The maximum atomic E-state index is 14.1. The minimum absolute atomic E-state index is 0.124. The van der Waals surface area contributed by atoms with Crippen LogP contribution in [0.4, 0.5) is 4.39 Å². The zero-order valence-corrected chi connectivity index (χ0v) is 17.2. The molecule has 0 bridgehead atoms. The Morgan fingerprint density at radius 3 is 2.59 bits per heavy atom. The average molecular weight is 435 g/mol. The van der Waals surface area contributed by atoms with Crippen LogP contribution in [0.25, 0.3) is 0 Å².